The summed E-state index contributed by atoms with van der Waals surface area (Å²) in [6, 6.07) is 26.6. The SMILES string of the molecule is CCOc1ccc(S(=O)(=O)c2ccc(NC(=O)N(Cc3cccnc3)N(C(=O)NCc3cccnc3)c3ccc(S(=O)(=O)Nc4cccc(N5CCCC5)c4)cc3)cc2)cc1F. The molecular weight excluding hydrogens is 836 g/mol. The van der Waals surface area contributed by atoms with Crippen LogP contribution in [-0.2, 0) is 33.0 Å². The van der Waals surface area contributed by atoms with E-state index in [2.05, 4.69) is 30.2 Å². The Morgan fingerprint density at radius 3 is 2.05 bits per heavy atom. The van der Waals surface area contributed by atoms with Gasteiger partial charge in [0.15, 0.2) is 11.6 Å². The average molecular weight is 879 g/mol. The molecule has 3 N–H and O–H groups in total. The summed E-state index contributed by atoms with van der Waals surface area (Å²) in [5, 5.41) is 7.72. The number of hydrazine groups is 1. The van der Waals surface area contributed by atoms with Gasteiger partial charge < -0.3 is 20.3 Å². The number of nitrogens with zero attached hydrogens (tertiary/aromatic N) is 5. The minimum atomic E-state index is -4.16. The van der Waals surface area contributed by atoms with E-state index in [0.717, 1.165) is 47.7 Å². The molecule has 2 aromatic heterocycles. The van der Waals surface area contributed by atoms with Crippen LogP contribution in [-0.4, -0.2) is 63.6 Å². The molecule has 1 saturated heterocycles. The molecule has 0 spiro atoms. The Kier molecular flexibility index (Phi) is 13.3. The van der Waals surface area contributed by atoms with Gasteiger partial charge in [-0.25, -0.2) is 35.8 Å². The molecule has 1 fully saturated rings. The van der Waals surface area contributed by atoms with Gasteiger partial charge in [0.2, 0.25) is 9.84 Å². The zero-order valence-corrected chi connectivity index (χ0v) is 35.2. The molecule has 4 amide bonds. The average Bonchev–Trinajstić information content (AvgIpc) is 3.83. The van der Waals surface area contributed by atoms with E-state index < -0.39 is 37.7 Å². The molecule has 18 heteroatoms. The lowest BCUT2D eigenvalue weighted by Gasteiger charge is -2.35. The number of hydrogen-bond acceptors (Lipinski definition) is 10. The molecule has 0 bridgehead atoms. The van der Waals surface area contributed by atoms with Crippen molar-refractivity contribution in [1.82, 2.24) is 20.3 Å². The summed E-state index contributed by atoms with van der Waals surface area (Å²) < 4.78 is 76.6. The predicted octanol–water partition coefficient (Wildman–Crippen LogP) is 7.61. The number of ether oxygens (including phenoxy) is 1. The Bertz CT molecular complexity index is 2730. The first-order valence-electron chi connectivity index (χ1n) is 19.6. The fourth-order valence-electron chi connectivity index (χ4n) is 6.70. The topological polar surface area (TPSA) is 183 Å². The van der Waals surface area contributed by atoms with Crippen molar-refractivity contribution in [3.63, 3.8) is 0 Å². The highest BCUT2D eigenvalue weighted by Gasteiger charge is 2.30. The lowest BCUT2D eigenvalue weighted by molar-refractivity contribution is 0.194. The smallest absolute Gasteiger partial charge is 0.341 e. The van der Waals surface area contributed by atoms with E-state index >= 15 is 0 Å². The van der Waals surface area contributed by atoms with Gasteiger partial charge in [-0.2, -0.15) is 5.01 Å². The lowest BCUT2D eigenvalue weighted by atomic mass is 10.2. The van der Waals surface area contributed by atoms with Crippen LogP contribution >= 0.6 is 0 Å². The number of sulfonamides is 1. The lowest BCUT2D eigenvalue weighted by Crippen LogP contribution is -2.54. The van der Waals surface area contributed by atoms with E-state index in [-0.39, 0.29) is 51.5 Å². The van der Waals surface area contributed by atoms with Gasteiger partial charge in [0.1, 0.15) is 0 Å². The molecule has 4 aromatic carbocycles. The molecule has 6 aromatic rings. The summed E-state index contributed by atoms with van der Waals surface area (Å²) in [5.74, 6) is -0.904. The van der Waals surface area contributed by atoms with Crippen LogP contribution in [0.15, 0.2) is 155 Å². The van der Waals surface area contributed by atoms with Crippen molar-refractivity contribution < 1.29 is 35.6 Å². The number of rotatable bonds is 14. The van der Waals surface area contributed by atoms with Crippen LogP contribution in [0, 0.1) is 5.82 Å². The van der Waals surface area contributed by atoms with Gasteiger partial charge in [-0.15, -0.1) is 0 Å². The summed E-state index contributed by atoms with van der Waals surface area (Å²) in [7, 11) is -8.25. The molecule has 7 rings (SSSR count). The summed E-state index contributed by atoms with van der Waals surface area (Å²) in [4.78, 5) is 38.6. The maximum Gasteiger partial charge on any atom is 0.341 e. The largest absolute Gasteiger partial charge is 0.491 e. The standard InChI is InChI=1S/C44H43FN8O7S2/c1-2-60-42-21-20-40(27-41(42)45)61(56,57)38-16-12-34(13-17-38)49-44(55)52(31-33-9-7-23-47-29-33)53(43(54)48-30-32-8-6-22-46-28-32)36-14-18-39(19-15-36)62(58,59)50-35-10-5-11-37(26-35)51-24-3-4-25-51/h5-23,26-29,50H,2-4,24-25,30-31H2,1H3,(H,48,54)(H,49,55). The second-order valence-electron chi connectivity index (χ2n) is 14.1. The molecule has 0 saturated carbocycles. The van der Waals surface area contributed by atoms with Crippen molar-refractivity contribution in [2.45, 2.75) is 47.5 Å². The Morgan fingerprint density at radius 1 is 0.742 bits per heavy atom. The zero-order valence-electron chi connectivity index (χ0n) is 33.5. The van der Waals surface area contributed by atoms with Crippen LogP contribution in [0.5, 0.6) is 5.75 Å². The van der Waals surface area contributed by atoms with Gasteiger partial charge in [-0.05, 0) is 128 Å². The molecule has 15 nitrogen and oxygen atoms in total. The van der Waals surface area contributed by atoms with Gasteiger partial charge in [0.05, 0.1) is 39.2 Å². The molecule has 0 aliphatic carbocycles. The first kappa shape index (κ1) is 43.1. The van der Waals surface area contributed by atoms with Crippen molar-refractivity contribution in [3.8, 4) is 5.75 Å². The maximum absolute atomic E-state index is 14.6. The second kappa shape index (κ2) is 19.1. The van der Waals surface area contributed by atoms with Crippen LogP contribution < -0.4 is 30.0 Å². The molecule has 0 atom stereocenters. The van der Waals surface area contributed by atoms with E-state index in [1.165, 1.54) is 66.9 Å². The molecule has 3 heterocycles. The van der Waals surface area contributed by atoms with Gasteiger partial charge in [0, 0.05) is 55.8 Å². The minimum Gasteiger partial charge on any atom is -0.491 e. The molecule has 1 aliphatic heterocycles. The molecule has 320 valence electrons. The van der Waals surface area contributed by atoms with Crippen LogP contribution in [0.1, 0.15) is 30.9 Å². The maximum atomic E-state index is 14.6. The summed E-state index contributed by atoms with van der Waals surface area (Å²) in [5.41, 5.74) is 2.82. The number of sulfone groups is 1. The van der Waals surface area contributed by atoms with E-state index in [4.69, 9.17) is 4.74 Å². The van der Waals surface area contributed by atoms with Gasteiger partial charge in [-0.1, -0.05) is 18.2 Å². The number of nitrogens with one attached hydrogen (secondary N) is 3. The van der Waals surface area contributed by atoms with E-state index in [9.17, 15) is 30.8 Å². The van der Waals surface area contributed by atoms with Crippen LogP contribution in [0.3, 0.4) is 0 Å². The normalized spacial score (nSPS) is 12.6. The molecule has 0 radical (unpaired) electrons. The number of aromatic nitrogens is 2. The fourth-order valence-corrected chi connectivity index (χ4v) is 9.03. The van der Waals surface area contributed by atoms with Crippen molar-refractivity contribution in [2.75, 3.05) is 39.6 Å². The quantitative estimate of drug-likeness (QED) is 0.0921. The third kappa shape index (κ3) is 10.3. The van der Waals surface area contributed by atoms with Crippen molar-refractivity contribution in [1.29, 1.82) is 0 Å². The van der Waals surface area contributed by atoms with Crippen molar-refractivity contribution in [3.05, 3.63) is 157 Å². The van der Waals surface area contributed by atoms with E-state index in [0.29, 0.717) is 16.8 Å². The highest BCUT2D eigenvalue weighted by Crippen LogP contribution is 2.29. The van der Waals surface area contributed by atoms with Gasteiger partial charge in [0.25, 0.3) is 10.0 Å². The van der Waals surface area contributed by atoms with E-state index in [1.807, 2.05) is 6.07 Å². The Morgan fingerprint density at radius 2 is 1.40 bits per heavy atom. The van der Waals surface area contributed by atoms with Crippen LogP contribution in [0.4, 0.5) is 36.7 Å². The number of carbonyl (C=O) groups excluding carboxylic acids is 2. The molecule has 62 heavy (non-hydrogen) atoms. The highest BCUT2D eigenvalue weighted by atomic mass is 32.2. The summed E-state index contributed by atoms with van der Waals surface area (Å²) >= 11 is 0. The first-order chi connectivity index (χ1) is 29.9. The number of anilines is 4. The van der Waals surface area contributed by atoms with E-state index in [1.54, 1.807) is 68.0 Å². The summed E-state index contributed by atoms with van der Waals surface area (Å²) in [6.07, 6.45) is 8.38. The van der Waals surface area contributed by atoms with Crippen LogP contribution in [0.2, 0.25) is 0 Å². The minimum absolute atomic E-state index is 0.0343. The fraction of sp³-hybridized carbons (Fsp3) is 0.182. The number of halogens is 1. The summed E-state index contributed by atoms with van der Waals surface area (Å²) in [6.45, 7) is 3.51. The number of amides is 4. The number of pyridine rings is 2. The highest BCUT2D eigenvalue weighted by molar-refractivity contribution is 7.92. The first-order valence-corrected chi connectivity index (χ1v) is 22.6. The van der Waals surface area contributed by atoms with Gasteiger partial charge >= 0.3 is 12.1 Å². The Balaban J connectivity index is 1.17. The second-order valence-corrected chi connectivity index (χ2v) is 17.7. The van der Waals surface area contributed by atoms with Crippen molar-refractivity contribution in [2.24, 2.45) is 0 Å². The van der Waals surface area contributed by atoms with Crippen molar-refractivity contribution >= 4 is 54.7 Å². The number of urea groups is 2. The predicted molar refractivity (Wildman–Crippen MR) is 232 cm³/mol. The van der Waals surface area contributed by atoms with Gasteiger partial charge in [-0.3, -0.25) is 14.7 Å². The number of benzene rings is 4. The Labute approximate surface area is 359 Å². The molecule has 1 aliphatic rings. The molecule has 0 unspecified atom stereocenters. The third-order valence-electron chi connectivity index (χ3n) is 9.78. The van der Waals surface area contributed by atoms with Crippen LogP contribution in [0.25, 0.3) is 0 Å². The monoisotopic (exact) mass is 878 g/mol. The zero-order chi connectivity index (χ0) is 43.7. The third-order valence-corrected chi connectivity index (χ3v) is 12.9. The molecular formula is C44H43FN8O7S2. The number of carbonyl (C=O) groups is 2. The number of hydrogen-bond donors (Lipinski definition) is 3. The Hall–Kier alpha value is -7.05.